The Morgan fingerprint density at radius 3 is 2.33 bits per heavy atom. The normalized spacial score (nSPS) is 12.0. The molecule has 1 N–H and O–H groups in total. The lowest BCUT2D eigenvalue weighted by atomic mass is 9.97. The van der Waals surface area contributed by atoms with Gasteiger partial charge < -0.3 is 14.0 Å². The molecule has 0 radical (unpaired) electrons. The number of aromatic nitrogens is 1. The molecular formula is C23H21ClNO4P. The van der Waals surface area contributed by atoms with E-state index < -0.39 is 13.2 Å². The van der Waals surface area contributed by atoms with Crippen molar-refractivity contribution < 1.29 is 13.6 Å². The fraction of sp³-hybridized carbons (Fsp3) is 0.174. The fourth-order valence-electron chi connectivity index (χ4n) is 3.60. The first kappa shape index (κ1) is 20.8. The van der Waals surface area contributed by atoms with E-state index in [1.165, 1.54) is 0 Å². The van der Waals surface area contributed by atoms with Crippen molar-refractivity contribution in [1.29, 1.82) is 0 Å². The van der Waals surface area contributed by atoms with Crippen LogP contribution in [0.4, 0.5) is 0 Å². The Labute approximate surface area is 179 Å². The second-order valence-corrected chi connectivity index (χ2v) is 9.16. The van der Waals surface area contributed by atoms with Gasteiger partial charge in [-0.05, 0) is 53.8 Å². The van der Waals surface area contributed by atoms with Gasteiger partial charge in [0.1, 0.15) is 5.30 Å². The van der Waals surface area contributed by atoms with E-state index in [9.17, 15) is 9.36 Å². The zero-order valence-corrected chi connectivity index (χ0v) is 18.3. The first-order valence-corrected chi connectivity index (χ1v) is 11.6. The first-order chi connectivity index (χ1) is 14.5. The summed E-state index contributed by atoms with van der Waals surface area (Å²) in [6.45, 7) is 3.74. The summed E-state index contributed by atoms with van der Waals surface area (Å²) in [7, 11) is -3.73. The first-order valence-electron chi connectivity index (χ1n) is 9.71. The molecule has 0 saturated carbocycles. The molecule has 4 aromatic rings. The van der Waals surface area contributed by atoms with Crippen molar-refractivity contribution in [2.75, 3.05) is 13.2 Å². The largest absolute Gasteiger partial charge is 0.366 e. The van der Waals surface area contributed by atoms with E-state index in [1.807, 2.05) is 48.5 Å². The van der Waals surface area contributed by atoms with Gasteiger partial charge in [0.25, 0.3) is 5.56 Å². The van der Waals surface area contributed by atoms with Crippen LogP contribution in [0.25, 0.3) is 32.8 Å². The molecule has 30 heavy (non-hydrogen) atoms. The van der Waals surface area contributed by atoms with Crippen molar-refractivity contribution >= 4 is 46.2 Å². The molecule has 0 unspecified atom stereocenters. The van der Waals surface area contributed by atoms with Gasteiger partial charge in [0, 0.05) is 11.1 Å². The zero-order valence-electron chi connectivity index (χ0n) is 16.6. The van der Waals surface area contributed by atoms with Crippen molar-refractivity contribution in [3.05, 3.63) is 76.0 Å². The summed E-state index contributed by atoms with van der Waals surface area (Å²) in [5, 5.41) is 3.37. The summed E-state index contributed by atoms with van der Waals surface area (Å²) < 4.78 is 23.9. The van der Waals surface area contributed by atoms with E-state index in [0.717, 1.165) is 21.9 Å². The molecular weight excluding hydrogens is 421 g/mol. The van der Waals surface area contributed by atoms with Crippen molar-refractivity contribution in [3.63, 3.8) is 0 Å². The Morgan fingerprint density at radius 2 is 1.60 bits per heavy atom. The summed E-state index contributed by atoms with van der Waals surface area (Å²) in [6.07, 6.45) is 0. The lowest BCUT2D eigenvalue weighted by molar-refractivity contribution is 0.229. The van der Waals surface area contributed by atoms with Crippen LogP contribution in [0.5, 0.6) is 0 Å². The second-order valence-electron chi connectivity index (χ2n) is 6.76. The van der Waals surface area contributed by atoms with Gasteiger partial charge in [-0.1, -0.05) is 54.1 Å². The molecule has 4 rings (SSSR count). The Balaban J connectivity index is 1.96. The maximum absolute atomic E-state index is 13.2. The highest BCUT2D eigenvalue weighted by molar-refractivity contribution is 7.62. The Bertz CT molecular complexity index is 1330. The maximum Gasteiger partial charge on any atom is 0.366 e. The molecule has 1 heterocycles. The molecule has 0 aliphatic rings. The number of pyridine rings is 1. The van der Waals surface area contributed by atoms with Crippen LogP contribution >= 0.6 is 19.2 Å². The number of hydrogen-bond donors (Lipinski definition) is 1. The third kappa shape index (κ3) is 3.70. The Morgan fingerprint density at radius 1 is 0.900 bits per heavy atom. The molecule has 3 aromatic carbocycles. The van der Waals surface area contributed by atoms with Gasteiger partial charge in [-0.2, -0.15) is 0 Å². The molecule has 0 spiro atoms. The molecule has 1 aromatic heterocycles. The molecule has 0 bridgehead atoms. The summed E-state index contributed by atoms with van der Waals surface area (Å²) in [6, 6.07) is 19.3. The van der Waals surface area contributed by atoms with Gasteiger partial charge in [-0.15, -0.1) is 0 Å². The van der Waals surface area contributed by atoms with Crippen LogP contribution < -0.4 is 10.9 Å². The quantitative estimate of drug-likeness (QED) is 0.378. The lowest BCUT2D eigenvalue weighted by Gasteiger charge is -2.17. The number of benzene rings is 3. The molecule has 154 valence electrons. The SMILES string of the molecule is CCOP(=O)(OCC)c1cc2cc(-c3cccc4ccccc34)c(Cl)cc2[nH]c1=O. The highest BCUT2D eigenvalue weighted by atomic mass is 35.5. The number of rotatable bonds is 6. The van der Waals surface area contributed by atoms with E-state index in [1.54, 1.807) is 26.0 Å². The number of hydrogen-bond acceptors (Lipinski definition) is 4. The van der Waals surface area contributed by atoms with Crippen LogP contribution in [0.15, 0.2) is 65.5 Å². The fourth-order valence-corrected chi connectivity index (χ4v) is 5.50. The Kier molecular flexibility index (Phi) is 5.81. The third-order valence-corrected chi connectivity index (χ3v) is 7.32. The minimum atomic E-state index is -3.73. The number of nitrogens with one attached hydrogen (secondary N) is 1. The van der Waals surface area contributed by atoms with Crippen LogP contribution in [-0.2, 0) is 13.6 Å². The molecule has 5 nitrogen and oxygen atoms in total. The summed E-state index contributed by atoms with van der Waals surface area (Å²) in [4.78, 5) is 15.4. The van der Waals surface area contributed by atoms with Crippen molar-refractivity contribution in [3.8, 4) is 11.1 Å². The van der Waals surface area contributed by atoms with E-state index in [0.29, 0.717) is 15.9 Å². The van der Waals surface area contributed by atoms with Crippen molar-refractivity contribution in [1.82, 2.24) is 4.98 Å². The molecule has 0 aliphatic carbocycles. The average Bonchev–Trinajstić information content (AvgIpc) is 2.73. The van der Waals surface area contributed by atoms with Gasteiger partial charge in [0.15, 0.2) is 0 Å². The summed E-state index contributed by atoms with van der Waals surface area (Å²) >= 11 is 6.59. The monoisotopic (exact) mass is 441 g/mol. The van der Waals surface area contributed by atoms with E-state index in [-0.39, 0.29) is 18.5 Å². The standard InChI is InChI=1S/C23H21ClNO4P/c1-3-28-30(27,29-4-2)22-13-16-12-19(20(24)14-21(16)25-23(22)26)18-11-7-9-15-8-5-6-10-17(15)18/h5-14H,3-4H2,1-2H3,(H,25,26). The van der Waals surface area contributed by atoms with Gasteiger partial charge in [-0.25, -0.2) is 0 Å². The van der Waals surface area contributed by atoms with Crippen LogP contribution in [0.3, 0.4) is 0 Å². The second kappa shape index (κ2) is 8.37. The van der Waals surface area contributed by atoms with E-state index >= 15 is 0 Å². The smallest absolute Gasteiger partial charge is 0.321 e. The highest BCUT2D eigenvalue weighted by Crippen LogP contribution is 2.46. The van der Waals surface area contributed by atoms with Gasteiger partial charge in [0.05, 0.1) is 18.2 Å². The van der Waals surface area contributed by atoms with Crippen LogP contribution in [0, 0.1) is 0 Å². The molecule has 0 amide bonds. The van der Waals surface area contributed by atoms with Gasteiger partial charge >= 0.3 is 7.60 Å². The van der Waals surface area contributed by atoms with Gasteiger partial charge in [0.2, 0.25) is 0 Å². The number of H-pyrrole nitrogens is 1. The van der Waals surface area contributed by atoms with Crippen molar-refractivity contribution in [2.24, 2.45) is 0 Å². The minimum absolute atomic E-state index is 0.00936. The molecule has 0 atom stereocenters. The topological polar surface area (TPSA) is 68.4 Å². The van der Waals surface area contributed by atoms with Crippen LogP contribution in [-0.4, -0.2) is 18.2 Å². The highest BCUT2D eigenvalue weighted by Gasteiger charge is 2.30. The average molecular weight is 442 g/mol. The van der Waals surface area contributed by atoms with Gasteiger partial charge in [-0.3, -0.25) is 9.36 Å². The van der Waals surface area contributed by atoms with Crippen LogP contribution in [0.2, 0.25) is 5.02 Å². The van der Waals surface area contributed by atoms with Crippen LogP contribution in [0.1, 0.15) is 13.8 Å². The zero-order chi connectivity index (χ0) is 21.3. The number of halogens is 1. The molecule has 7 heteroatoms. The molecule has 0 saturated heterocycles. The minimum Gasteiger partial charge on any atom is -0.321 e. The van der Waals surface area contributed by atoms with Crippen molar-refractivity contribution in [2.45, 2.75) is 13.8 Å². The predicted molar refractivity (Wildman–Crippen MR) is 123 cm³/mol. The summed E-state index contributed by atoms with van der Waals surface area (Å²) in [5.74, 6) is 0. The van der Waals surface area contributed by atoms with E-state index in [2.05, 4.69) is 4.98 Å². The predicted octanol–water partition coefficient (Wildman–Crippen LogP) is 5.89. The molecule has 0 fully saturated rings. The Hall–Kier alpha value is -2.43. The maximum atomic E-state index is 13.2. The third-order valence-electron chi connectivity index (χ3n) is 4.89. The molecule has 0 aliphatic heterocycles. The van der Waals surface area contributed by atoms with E-state index in [4.69, 9.17) is 20.6 Å². The number of aromatic amines is 1. The lowest BCUT2D eigenvalue weighted by Crippen LogP contribution is -2.29. The summed E-state index contributed by atoms with van der Waals surface area (Å²) in [5.41, 5.74) is 1.84. The number of fused-ring (bicyclic) bond motifs is 2.